The lowest BCUT2D eigenvalue weighted by molar-refractivity contribution is 0.625. The number of benzene rings is 2. The summed E-state index contributed by atoms with van der Waals surface area (Å²) in [6.07, 6.45) is 0. The van der Waals surface area contributed by atoms with Crippen LogP contribution in [0.5, 0.6) is 0 Å². The van der Waals surface area contributed by atoms with Gasteiger partial charge in [0.15, 0.2) is 5.65 Å². The number of tetrazole rings is 1. The second-order valence-corrected chi connectivity index (χ2v) is 5.88. The fraction of sp³-hybridized carbons (Fsp3) is 0.167. The highest BCUT2D eigenvalue weighted by Crippen LogP contribution is 2.20. The quantitative estimate of drug-likeness (QED) is 0.628. The molecule has 0 spiro atoms. The van der Waals surface area contributed by atoms with Gasteiger partial charge in [-0.15, -0.1) is 5.10 Å². The highest BCUT2D eigenvalue weighted by Gasteiger charge is 2.10. The van der Waals surface area contributed by atoms with Crippen molar-refractivity contribution in [3.8, 4) is 0 Å². The van der Waals surface area contributed by atoms with Gasteiger partial charge in [-0.3, -0.25) is 0 Å². The molecule has 0 radical (unpaired) electrons. The fourth-order valence-electron chi connectivity index (χ4n) is 2.83. The highest BCUT2D eigenvalue weighted by atomic mass is 19.1. The molecule has 4 aromatic rings. The maximum Gasteiger partial charge on any atom is 0.184 e. The molecule has 6 heteroatoms. The van der Waals surface area contributed by atoms with Crippen LogP contribution in [0.15, 0.2) is 48.5 Å². The molecule has 0 bridgehead atoms. The first-order valence-corrected chi connectivity index (χ1v) is 7.76. The Morgan fingerprint density at radius 3 is 2.71 bits per heavy atom. The smallest absolute Gasteiger partial charge is 0.184 e. The number of nitrogens with zero attached hydrogens (tertiary/aromatic N) is 4. The molecule has 2 aromatic heterocycles. The molecule has 0 aliphatic carbocycles. The summed E-state index contributed by atoms with van der Waals surface area (Å²) in [6.45, 7) is 3.33. The van der Waals surface area contributed by atoms with Crippen LogP contribution in [0.25, 0.3) is 16.6 Å². The molecule has 2 aromatic carbocycles. The summed E-state index contributed by atoms with van der Waals surface area (Å²) in [5, 5.41) is 16.5. The number of hydrogen-bond donors (Lipinski definition) is 1. The molecule has 5 nitrogen and oxygen atoms in total. The minimum atomic E-state index is -0.222. The van der Waals surface area contributed by atoms with Crippen LogP contribution in [-0.4, -0.2) is 20.0 Å². The summed E-state index contributed by atoms with van der Waals surface area (Å²) in [7, 11) is 0. The van der Waals surface area contributed by atoms with Crippen molar-refractivity contribution in [2.24, 2.45) is 0 Å². The van der Waals surface area contributed by atoms with E-state index in [9.17, 15) is 4.39 Å². The monoisotopic (exact) mass is 321 g/mol. The second kappa shape index (κ2) is 5.98. The number of halogens is 1. The minimum Gasteiger partial charge on any atom is -0.308 e. The molecule has 1 N–H and O–H groups in total. The summed E-state index contributed by atoms with van der Waals surface area (Å²) in [4.78, 5) is 0. The molecule has 2 heterocycles. The lowest BCUT2D eigenvalue weighted by Gasteiger charge is -2.09. The normalized spacial score (nSPS) is 11.4. The van der Waals surface area contributed by atoms with Crippen molar-refractivity contribution < 1.29 is 4.39 Å². The number of rotatable bonds is 4. The van der Waals surface area contributed by atoms with Gasteiger partial charge in [0.05, 0.1) is 5.52 Å². The van der Waals surface area contributed by atoms with Gasteiger partial charge in [0.25, 0.3) is 0 Å². The van der Waals surface area contributed by atoms with Crippen molar-refractivity contribution in [3.63, 3.8) is 0 Å². The van der Waals surface area contributed by atoms with Gasteiger partial charge in [0, 0.05) is 24.0 Å². The Morgan fingerprint density at radius 2 is 1.88 bits per heavy atom. The average Bonchev–Trinajstić information content (AvgIpc) is 3.07. The molecule has 120 valence electrons. The lowest BCUT2D eigenvalue weighted by Crippen LogP contribution is -2.14. The van der Waals surface area contributed by atoms with Gasteiger partial charge in [-0.25, -0.2) is 4.39 Å². The molecule has 0 amide bonds. The summed E-state index contributed by atoms with van der Waals surface area (Å²) in [5.74, 6) is -0.222. The zero-order valence-electron chi connectivity index (χ0n) is 13.2. The van der Waals surface area contributed by atoms with E-state index in [1.807, 2.05) is 6.92 Å². The molecule has 0 saturated heterocycles. The van der Waals surface area contributed by atoms with Crippen molar-refractivity contribution in [2.75, 3.05) is 0 Å². The topological polar surface area (TPSA) is 55.1 Å². The van der Waals surface area contributed by atoms with Gasteiger partial charge in [0.1, 0.15) is 5.82 Å². The number of pyridine rings is 1. The van der Waals surface area contributed by atoms with Crippen molar-refractivity contribution in [1.29, 1.82) is 0 Å². The van der Waals surface area contributed by atoms with Crippen molar-refractivity contribution in [1.82, 2.24) is 25.4 Å². The third kappa shape index (κ3) is 2.72. The number of nitrogens with one attached hydrogen (secondary N) is 1. The Kier molecular flexibility index (Phi) is 3.66. The first kappa shape index (κ1) is 14.7. The van der Waals surface area contributed by atoms with E-state index in [-0.39, 0.29) is 5.82 Å². The first-order chi connectivity index (χ1) is 11.7. The van der Waals surface area contributed by atoms with Crippen LogP contribution in [0, 0.1) is 12.7 Å². The molecule has 0 saturated carbocycles. The average molecular weight is 321 g/mol. The van der Waals surface area contributed by atoms with Crippen LogP contribution in [-0.2, 0) is 13.1 Å². The predicted octanol–water partition coefficient (Wildman–Crippen LogP) is 3.01. The number of fused-ring (bicyclic) bond motifs is 3. The largest absolute Gasteiger partial charge is 0.308 e. The third-order valence-corrected chi connectivity index (χ3v) is 4.06. The van der Waals surface area contributed by atoms with E-state index in [2.05, 4.69) is 45.1 Å². The fourth-order valence-corrected chi connectivity index (χ4v) is 2.83. The van der Waals surface area contributed by atoms with E-state index in [1.54, 1.807) is 16.6 Å². The number of aromatic nitrogens is 4. The molecule has 24 heavy (non-hydrogen) atoms. The lowest BCUT2D eigenvalue weighted by atomic mass is 10.1. The zero-order chi connectivity index (χ0) is 16.5. The zero-order valence-corrected chi connectivity index (χ0v) is 13.2. The third-order valence-electron chi connectivity index (χ3n) is 4.06. The van der Waals surface area contributed by atoms with Crippen LogP contribution in [0.4, 0.5) is 4.39 Å². The van der Waals surface area contributed by atoms with Gasteiger partial charge in [-0.1, -0.05) is 24.3 Å². The van der Waals surface area contributed by atoms with Crippen LogP contribution in [0.1, 0.15) is 16.7 Å². The van der Waals surface area contributed by atoms with E-state index in [4.69, 9.17) is 0 Å². The molecular formula is C18H16FN5. The Balaban J connectivity index is 1.62. The van der Waals surface area contributed by atoms with Crippen molar-refractivity contribution in [2.45, 2.75) is 20.0 Å². The van der Waals surface area contributed by atoms with E-state index < -0.39 is 0 Å². The molecule has 0 atom stereocenters. The van der Waals surface area contributed by atoms with Crippen LogP contribution in [0.3, 0.4) is 0 Å². The summed E-state index contributed by atoms with van der Waals surface area (Å²) >= 11 is 0. The standard InChI is InChI=1S/C18H16FN5/c1-12-2-5-14-9-15(18-21-22-23-24(18)17(14)8-12)11-20-10-13-3-6-16(19)7-4-13/h2-9,20H,10-11H2,1H3. The van der Waals surface area contributed by atoms with E-state index in [0.717, 1.165) is 27.7 Å². The molecule has 0 fully saturated rings. The van der Waals surface area contributed by atoms with Gasteiger partial charge >= 0.3 is 0 Å². The molecule has 4 rings (SSSR count). The summed E-state index contributed by atoms with van der Waals surface area (Å²) in [5.41, 5.74) is 4.97. The van der Waals surface area contributed by atoms with E-state index in [0.29, 0.717) is 13.1 Å². The van der Waals surface area contributed by atoms with Gasteiger partial charge in [-0.2, -0.15) is 4.52 Å². The van der Waals surface area contributed by atoms with Gasteiger partial charge in [0.2, 0.25) is 0 Å². The molecule has 0 aliphatic rings. The van der Waals surface area contributed by atoms with Gasteiger partial charge in [-0.05, 0) is 52.7 Å². The van der Waals surface area contributed by atoms with Crippen LogP contribution < -0.4 is 5.32 Å². The predicted molar refractivity (Wildman–Crippen MR) is 90.0 cm³/mol. The van der Waals surface area contributed by atoms with Crippen molar-refractivity contribution >= 4 is 16.6 Å². The highest BCUT2D eigenvalue weighted by molar-refractivity contribution is 5.83. The molecule has 0 unspecified atom stereocenters. The summed E-state index contributed by atoms with van der Waals surface area (Å²) in [6, 6.07) is 14.8. The Bertz CT molecular complexity index is 1010. The first-order valence-electron chi connectivity index (χ1n) is 7.76. The Hall–Kier alpha value is -2.86. The van der Waals surface area contributed by atoms with Crippen LogP contribution >= 0.6 is 0 Å². The maximum atomic E-state index is 12.9. The van der Waals surface area contributed by atoms with E-state index >= 15 is 0 Å². The number of hydrogen-bond acceptors (Lipinski definition) is 4. The van der Waals surface area contributed by atoms with Crippen molar-refractivity contribution in [3.05, 3.63) is 71.0 Å². The Labute approximate surface area is 138 Å². The number of aryl methyl sites for hydroxylation is 1. The molecular weight excluding hydrogens is 305 g/mol. The SMILES string of the molecule is Cc1ccc2cc(CNCc3ccc(F)cc3)c3nnnn3c2c1. The summed E-state index contributed by atoms with van der Waals surface area (Å²) < 4.78 is 14.7. The minimum absolute atomic E-state index is 0.222. The Morgan fingerprint density at radius 1 is 1.04 bits per heavy atom. The maximum absolute atomic E-state index is 12.9. The second-order valence-electron chi connectivity index (χ2n) is 5.88. The van der Waals surface area contributed by atoms with E-state index in [1.165, 1.54) is 17.7 Å². The molecule has 0 aliphatic heterocycles. The van der Waals surface area contributed by atoms with Crippen LogP contribution in [0.2, 0.25) is 0 Å². The van der Waals surface area contributed by atoms with Gasteiger partial charge < -0.3 is 5.32 Å².